The standard InChI is InChI=1S/C14H18BrFN2/c15-11-3-4-13(16)12(9-11)14(10-1-2-10)18-7-5-17-6-8-18/h3-4,9-10,14,17H,1-2,5-8H2/t14-/m0/s1. The molecule has 1 aromatic carbocycles. The van der Waals surface area contributed by atoms with Crippen molar-refractivity contribution in [3.8, 4) is 0 Å². The normalized spacial score (nSPS) is 23.0. The predicted molar refractivity (Wildman–Crippen MR) is 74.0 cm³/mol. The molecule has 0 bridgehead atoms. The van der Waals surface area contributed by atoms with Crippen molar-refractivity contribution in [1.82, 2.24) is 10.2 Å². The Morgan fingerprint density at radius 1 is 1.28 bits per heavy atom. The van der Waals surface area contributed by atoms with Crippen molar-refractivity contribution in [2.75, 3.05) is 26.2 Å². The maximum absolute atomic E-state index is 14.1. The highest BCUT2D eigenvalue weighted by Crippen LogP contribution is 2.45. The van der Waals surface area contributed by atoms with Crippen LogP contribution in [-0.2, 0) is 0 Å². The van der Waals surface area contributed by atoms with Crippen LogP contribution in [0.25, 0.3) is 0 Å². The quantitative estimate of drug-likeness (QED) is 0.923. The van der Waals surface area contributed by atoms with E-state index in [0.717, 1.165) is 36.2 Å². The lowest BCUT2D eigenvalue weighted by Gasteiger charge is -2.35. The Morgan fingerprint density at radius 3 is 2.67 bits per heavy atom. The van der Waals surface area contributed by atoms with Crippen LogP contribution in [0.15, 0.2) is 22.7 Å². The van der Waals surface area contributed by atoms with Crippen LogP contribution in [0.2, 0.25) is 0 Å². The lowest BCUT2D eigenvalue weighted by Crippen LogP contribution is -2.45. The molecule has 1 saturated heterocycles. The Hall–Kier alpha value is -0.450. The molecule has 4 heteroatoms. The Morgan fingerprint density at radius 2 is 2.00 bits per heavy atom. The molecule has 1 aliphatic heterocycles. The minimum atomic E-state index is -0.0615. The molecule has 2 fully saturated rings. The van der Waals surface area contributed by atoms with Crippen molar-refractivity contribution in [3.05, 3.63) is 34.1 Å². The topological polar surface area (TPSA) is 15.3 Å². The van der Waals surface area contributed by atoms with Gasteiger partial charge in [0.2, 0.25) is 0 Å². The van der Waals surface area contributed by atoms with E-state index >= 15 is 0 Å². The summed E-state index contributed by atoms with van der Waals surface area (Å²) in [5.74, 6) is 0.584. The van der Waals surface area contributed by atoms with Gasteiger partial charge in [0.05, 0.1) is 0 Å². The zero-order valence-electron chi connectivity index (χ0n) is 10.3. The SMILES string of the molecule is Fc1ccc(Br)cc1[C@H](C1CC1)N1CCNCC1. The van der Waals surface area contributed by atoms with Crippen LogP contribution >= 0.6 is 15.9 Å². The summed E-state index contributed by atoms with van der Waals surface area (Å²) in [6, 6.07) is 5.59. The van der Waals surface area contributed by atoms with Crippen LogP contribution in [0.1, 0.15) is 24.4 Å². The third-order valence-corrected chi connectivity index (χ3v) is 4.38. The molecular weight excluding hydrogens is 295 g/mol. The number of hydrogen-bond acceptors (Lipinski definition) is 2. The maximum Gasteiger partial charge on any atom is 0.128 e. The molecule has 2 nitrogen and oxygen atoms in total. The summed E-state index contributed by atoms with van der Waals surface area (Å²) in [5.41, 5.74) is 0.869. The van der Waals surface area contributed by atoms with E-state index in [1.807, 2.05) is 6.07 Å². The lowest BCUT2D eigenvalue weighted by atomic mass is 9.99. The first-order chi connectivity index (χ1) is 8.75. The van der Waals surface area contributed by atoms with Gasteiger partial charge in [-0.2, -0.15) is 0 Å². The molecule has 1 heterocycles. The Labute approximate surface area is 116 Å². The average molecular weight is 313 g/mol. The Balaban J connectivity index is 1.90. The molecule has 1 aliphatic carbocycles. The largest absolute Gasteiger partial charge is 0.314 e. The van der Waals surface area contributed by atoms with Crippen LogP contribution < -0.4 is 5.32 Å². The van der Waals surface area contributed by atoms with Crippen LogP contribution in [0.3, 0.4) is 0 Å². The number of nitrogens with one attached hydrogen (secondary N) is 1. The highest BCUT2D eigenvalue weighted by atomic mass is 79.9. The van der Waals surface area contributed by atoms with Gasteiger partial charge in [-0.1, -0.05) is 15.9 Å². The molecular formula is C14H18BrFN2. The Kier molecular flexibility index (Phi) is 3.68. The second-order valence-corrected chi connectivity index (χ2v) is 6.15. The van der Waals surface area contributed by atoms with Crippen LogP contribution in [-0.4, -0.2) is 31.1 Å². The van der Waals surface area contributed by atoms with Crippen LogP contribution in [0.4, 0.5) is 4.39 Å². The van der Waals surface area contributed by atoms with Crippen LogP contribution in [0, 0.1) is 11.7 Å². The molecule has 0 spiro atoms. The molecule has 3 rings (SSSR count). The van der Waals surface area contributed by atoms with Crippen LogP contribution in [0.5, 0.6) is 0 Å². The highest BCUT2D eigenvalue weighted by molar-refractivity contribution is 9.10. The van der Waals surface area contributed by atoms with E-state index in [4.69, 9.17) is 0 Å². The number of nitrogens with zero attached hydrogens (tertiary/aromatic N) is 1. The van der Waals surface area contributed by atoms with Gasteiger partial charge in [-0.3, -0.25) is 4.90 Å². The van der Waals surface area contributed by atoms with Crippen molar-refractivity contribution in [2.24, 2.45) is 5.92 Å². The molecule has 1 saturated carbocycles. The summed E-state index contributed by atoms with van der Waals surface area (Å²) >= 11 is 3.46. The minimum absolute atomic E-state index is 0.0615. The van der Waals surface area contributed by atoms with E-state index in [0.29, 0.717) is 5.92 Å². The average Bonchev–Trinajstić information content (AvgIpc) is 3.20. The summed E-state index contributed by atoms with van der Waals surface area (Å²) in [5, 5.41) is 3.36. The van der Waals surface area contributed by atoms with E-state index in [2.05, 4.69) is 26.1 Å². The van der Waals surface area contributed by atoms with Crippen molar-refractivity contribution in [3.63, 3.8) is 0 Å². The summed E-state index contributed by atoms with van der Waals surface area (Å²) in [4.78, 5) is 2.44. The van der Waals surface area contributed by atoms with Gasteiger partial charge >= 0.3 is 0 Å². The second-order valence-electron chi connectivity index (χ2n) is 5.23. The monoisotopic (exact) mass is 312 g/mol. The number of rotatable bonds is 3. The first-order valence-corrected chi connectivity index (χ1v) is 7.45. The van der Waals surface area contributed by atoms with E-state index in [9.17, 15) is 4.39 Å². The van der Waals surface area contributed by atoms with E-state index < -0.39 is 0 Å². The summed E-state index contributed by atoms with van der Waals surface area (Å²) in [7, 11) is 0. The fraction of sp³-hybridized carbons (Fsp3) is 0.571. The lowest BCUT2D eigenvalue weighted by molar-refractivity contribution is 0.153. The molecule has 0 unspecified atom stereocenters. The number of piperazine rings is 1. The van der Waals surface area contributed by atoms with Gasteiger partial charge in [-0.15, -0.1) is 0 Å². The molecule has 0 aromatic heterocycles. The number of benzene rings is 1. The molecule has 0 amide bonds. The van der Waals surface area contributed by atoms with E-state index in [1.54, 1.807) is 12.1 Å². The molecule has 0 radical (unpaired) electrons. The highest BCUT2D eigenvalue weighted by Gasteiger charge is 2.38. The molecule has 98 valence electrons. The number of halogens is 2. The fourth-order valence-electron chi connectivity index (χ4n) is 2.86. The summed E-state index contributed by atoms with van der Waals surface area (Å²) in [6.07, 6.45) is 2.47. The summed E-state index contributed by atoms with van der Waals surface area (Å²) < 4.78 is 15.1. The third kappa shape index (κ3) is 2.60. The van der Waals surface area contributed by atoms with Gasteiger partial charge in [0.15, 0.2) is 0 Å². The van der Waals surface area contributed by atoms with Crippen molar-refractivity contribution < 1.29 is 4.39 Å². The van der Waals surface area contributed by atoms with E-state index in [-0.39, 0.29) is 11.9 Å². The zero-order chi connectivity index (χ0) is 12.5. The molecule has 1 atom stereocenters. The fourth-order valence-corrected chi connectivity index (χ4v) is 3.24. The Bertz CT molecular complexity index is 428. The molecule has 18 heavy (non-hydrogen) atoms. The second kappa shape index (κ2) is 5.27. The van der Waals surface area contributed by atoms with E-state index in [1.165, 1.54) is 12.8 Å². The van der Waals surface area contributed by atoms with Gasteiger partial charge in [0, 0.05) is 42.3 Å². The first-order valence-electron chi connectivity index (χ1n) is 6.65. The van der Waals surface area contributed by atoms with Gasteiger partial charge < -0.3 is 5.32 Å². The number of hydrogen-bond donors (Lipinski definition) is 1. The zero-order valence-corrected chi connectivity index (χ0v) is 11.9. The van der Waals surface area contributed by atoms with Gasteiger partial charge in [-0.25, -0.2) is 4.39 Å². The molecule has 2 aliphatic rings. The minimum Gasteiger partial charge on any atom is -0.314 e. The van der Waals surface area contributed by atoms with Gasteiger partial charge in [-0.05, 0) is 37.0 Å². The predicted octanol–water partition coefficient (Wildman–Crippen LogP) is 2.94. The molecule has 1 aromatic rings. The van der Waals surface area contributed by atoms with Gasteiger partial charge in [0.25, 0.3) is 0 Å². The first kappa shape index (κ1) is 12.6. The smallest absolute Gasteiger partial charge is 0.128 e. The van der Waals surface area contributed by atoms with Gasteiger partial charge in [0.1, 0.15) is 5.82 Å². The third-order valence-electron chi connectivity index (χ3n) is 3.89. The molecule has 1 N–H and O–H groups in total. The van der Waals surface area contributed by atoms with Crippen molar-refractivity contribution in [1.29, 1.82) is 0 Å². The summed E-state index contributed by atoms with van der Waals surface area (Å²) in [6.45, 7) is 4.07. The van der Waals surface area contributed by atoms with Crippen molar-refractivity contribution in [2.45, 2.75) is 18.9 Å². The maximum atomic E-state index is 14.1. The van der Waals surface area contributed by atoms with Crippen molar-refractivity contribution >= 4 is 15.9 Å².